The maximum atomic E-state index is 13.2. The summed E-state index contributed by atoms with van der Waals surface area (Å²) in [6.07, 6.45) is 6.12. The van der Waals surface area contributed by atoms with Crippen LogP contribution in [0.3, 0.4) is 0 Å². The van der Waals surface area contributed by atoms with Gasteiger partial charge in [-0.1, -0.05) is 6.07 Å². The molecular formula is C22H25N3O2. The van der Waals surface area contributed by atoms with E-state index in [0.717, 1.165) is 47.2 Å². The molecule has 1 saturated heterocycles. The number of rotatable bonds is 3. The van der Waals surface area contributed by atoms with Gasteiger partial charge in [0.25, 0.3) is 5.56 Å². The highest BCUT2D eigenvalue weighted by molar-refractivity contribution is 5.83. The zero-order valence-electron chi connectivity index (χ0n) is 16.2. The summed E-state index contributed by atoms with van der Waals surface area (Å²) in [5, 5.41) is 0.710. The minimum absolute atomic E-state index is 0.0540. The lowest BCUT2D eigenvalue weighted by Crippen LogP contribution is -2.29. The molecule has 0 amide bonds. The fraction of sp³-hybridized carbons (Fsp3) is 0.409. The highest BCUT2D eigenvalue weighted by Crippen LogP contribution is 2.25. The molecule has 0 N–H and O–H groups in total. The molecular weight excluding hydrogens is 338 g/mol. The SMILES string of the molecule is Cc1ccc(Cc2cc3c(=O)n(C4CCOCC4)cnc3c(C)c2C)cn1. The van der Waals surface area contributed by atoms with E-state index in [9.17, 15) is 4.79 Å². The van der Waals surface area contributed by atoms with E-state index in [4.69, 9.17) is 4.74 Å². The zero-order valence-corrected chi connectivity index (χ0v) is 16.2. The van der Waals surface area contributed by atoms with Crippen molar-refractivity contribution in [3.05, 3.63) is 69.0 Å². The first-order chi connectivity index (χ1) is 13.0. The van der Waals surface area contributed by atoms with Crippen LogP contribution in [0.15, 0.2) is 35.5 Å². The Kier molecular flexibility index (Phi) is 4.79. The molecule has 0 radical (unpaired) electrons. The predicted molar refractivity (Wildman–Crippen MR) is 106 cm³/mol. The van der Waals surface area contributed by atoms with Gasteiger partial charge < -0.3 is 4.74 Å². The summed E-state index contributed by atoms with van der Waals surface area (Å²) < 4.78 is 7.24. The summed E-state index contributed by atoms with van der Waals surface area (Å²) in [5.41, 5.74) is 6.46. The molecule has 1 aliphatic heterocycles. The highest BCUT2D eigenvalue weighted by atomic mass is 16.5. The van der Waals surface area contributed by atoms with Gasteiger partial charge in [-0.2, -0.15) is 0 Å². The van der Waals surface area contributed by atoms with Crippen molar-refractivity contribution < 1.29 is 4.74 Å². The Hall–Kier alpha value is -2.53. The van der Waals surface area contributed by atoms with Gasteiger partial charge >= 0.3 is 0 Å². The second-order valence-electron chi connectivity index (χ2n) is 7.47. The van der Waals surface area contributed by atoms with Gasteiger partial charge in [-0.3, -0.25) is 14.3 Å². The van der Waals surface area contributed by atoms with E-state index in [0.29, 0.717) is 18.6 Å². The van der Waals surface area contributed by atoms with Crippen molar-refractivity contribution >= 4 is 10.9 Å². The van der Waals surface area contributed by atoms with Crippen LogP contribution in [0, 0.1) is 20.8 Å². The molecule has 2 aromatic heterocycles. The molecule has 0 spiro atoms. The standard InChI is InChI=1S/C22H25N3O2/c1-14-4-5-17(12-23-14)10-18-11-20-21(16(3)15(18)2)24-13-25(22(20)26)19-6-8-27-9-7-19/h4-5,11-13,19H,6-10H2,1-3H3. The fourth-order valence-electron chi connectivity index (χ4n) is 3.84. The summed E-state index contributed by atoms with van der Waals surface area (Å²) in [6, 6.07) is 6.33. The largest absolute Gasteiger partial charge is 0.381 e. The zero-order chi connectivity index (χ0) is 19.0. The van der Waals surface area contributed by atoms with E-state index in [-0.39, 0.29) is 11.6 Å². The molecule has 4 rings (SSSR count). The molecule has 3 heterocycles. The van der Waals surface area contributed by atoms with Crippen molar-refractivity contribution in [2.75, 3.05) is 13.2 Å². The van der Waals surface area contributed by atoms with E-state index in [1.54, 1.807) is 10.9 Å². The first-order valence-corrected chi connectivity index (χ1v) is 9.54. The lowest BCUT2D eigenvalue weighted by atomic mass is 9.95. The van der Waals surface area contributed by atoms with Crippen LogP contribution in [-0.4, -0.2) is 27.7 Å². The second kappa shape index (κ2) is 7.24. The molecule has 3 aromatic rings. The summed E-state index contributed by atoms with van der Waals surface area (Å²) in [4.78, 5) is 22.2. The second-order valence-corrected chi connectivity index (χ2v) is 7.47. The Morgan fingerprint density at radius 1 is 1.11 bits per heavy atom. The molecule has 0 aliphatic carbocycles. The molecule has 0 unspecified atom stereocenters. The highest BCUT2D eigenvalue weighted by Gasteiger charge is 2.19. The third kappa shape index (κ3) is 3.39. The maximum absolute atomic E-state index is 13.2. The summed E-state index contributed by atoms with van der Waals surface area (Å²) in [5.74, 6) is 0. The van der Waals surface area contributed by atoms with Crippen molar-refractivity contribution in [3.63, 3.8) is 0 Å². The monoisotopic (exact) mass is 363 g/mol. The number of fused-ring (bicyclic) bond motifs is 1. The van der Waals surface area contributed by atoms with Gasteiger partial charge in [-0.05, 0) is 74.4 Å². The van der Waals surface area contributed by atoms with Crippen LogP contribution in [-0.2, 0) is 11.2 Å². The third-order valence-electron chi connectivity index (χ3n) is 5.70. The number of hydrogen-bond acceptors (Lipinski definition) is 4. The topological polar surface area (TPSA) is 57.0 Å². The van der Waals surface area contributed by atoms with E-state index >= 15 is 0 Å². The third-order valence-corrected chi connectivity index (χ3v) is 5.70. The van der Waals surface area contributed by atoms with E-state index in [2.05, 4.69) is 29.9 Å². The fourth-order valence-corrected chi connectivity index (χ4v) is 3.84. The van der Waals surface area contributed by atoms with Gasteiger partial charge in [0.15, 0.2) is 0 Å². The number of pyridine rings is 1. The van der Waals surface area contributed by atoms with Crippen molar-refractivity contribution in [2.45, 2.75) is 46.1 Å². The van der Waals surface area contributed by atoms with Crippen molar-refractivity contribution in [1.29, 1.82) is 0 Å². The maximum Gasteiger partial charge on any atom is 0.261 e. The molecule has 0 bridgehead atoms. The Bertz CT molecular complexity index is 1030. The Labute approximate surface area is 159 Å². The number of aromatic nitrogens is 3. The minimum Gasteiger partial charge on any atom is -0.381 e. The summed E-state index contributed by atoms with van der Waals surface area (Å²) in [6.45, 7) is 7.55. The number of ether oxygens (including phenoxy) is 1. The van der Waals surface area contributed by atoms with Gasteiger partial charge in [-0.15, -0.1) is 0 Å². The van der Waals surface area contributed by atoms with Gasteiger partial charge in [0.2, 0.25) is 0 Å². The first kappa shape index (κ1) is 17.9. The van der Waals surface area contributed by atoms with Crippen LogP contribution in [0.1, 0.15) is 46.8 Å². The van der Waals surface area contributed by atoms with Gasteiger partial charge in [0.05, 0.1) is 17.2 Å². The van der Waals surface area contributed by atoms with Gasteiger partial charge in [-0.25, -0.2) is 4.98 Å². The summed E-state index contributed by atoms with van der Waals surface area (Å²) >= 11 is 0. The van der Waals surface area contributed by atoms with Gasteiger partial charge in [0.1, 0.15) is 0 Å². The van der Waals surface area contributed by atoms with Crippen LogP contribution in [0.4, 0.5) is 0 Å². The van der Waals surface area contributed by atoms with Crippen LogP contribution in [0.25, 0.3) is 10.9 Å². The Morgan fingerprint density at radius 3 is 2.59 bits per heavy atom. The molecule has 5 nitrogen and oxygen atoms in total. The lowest BCUT2D eigenvalue weighted by molar-refractivity contribution is 0.0685. The summed E-state index contributed by atoms with van der Waals surface area (Å²) in [7, 11) is 0. The molecule has 0 saturated carbocycles. The molecule has 1 aromatic carbocycles. The minimum atomic E-state index is 0.0540. The Balaban J connectivity index is 1.80. The molecule has 1 fully saturated rings. The smallest absolute Gasteiger partial charge is 0.261 e. The number of aryl methyl sites for hydroxylation is 2. The van der Waals surface area contributed by atoms with E-state index in [1.165, 1.54) is 5.56 Å². The van der Waals surface area contributed by atoms with Crippen molar-refractivity contribution in [2.24, 2.45) is 0 Å². The molecule has 27 heavy (non-hydrogen) atoms. The normalized spacial score (nSPS) is 15.4. The van der Waals surface area contributed by atoms with Crippen molar-refractivity contribution in [3.8, 4) is 0 Å². The van der Waals surface area contributed by atoms with E-state index < -0.39 is 0 Å². The molecule has 140 valence electrons. The van der Waals surface area contributed by atoms with E-state index in [1.807, 2.05) is 25.3 Å². The average Bonchev–Trinajstić information content (AvgIpc) is 2.69. The number of hydrogen-bond donors (Lipinski definition) is 0. The predicted octanol–water partition coefficient (Wildman–Crippen LogP) is 3.66. The van der Waals surface area contributed by atoms with Crippen LogP contribution in [0.2, 0.25) is 0 Å². The van der Waals surface area contributed by atoms with Gasteiger partial charge in [0, 0.05) is 31.1 Å². The number of benzene rings is 1. The van der Waals surface area contributed by atoms with Crippen LogP contribution in [0.5, 0.6) is 0 Å². The molecule has 1 aliphatic rings. The molecule has 5 heteroatoms. The lowest BCUT2D eigenvalue weighted by Gasteiger charge is -2.24. The quantitative estimate of drug-likeness (QED) is 0.713. The first-order valence-electron chi connectivity index (χ1n) is 9.54. The number of nitrogens with zero attached hydrogens (tertiary/aromatic N) is 3. The van der Waals surface area contributed by atoms with Crippen LogP contribution < -0.4 is 5.56 Å². The average molecular weight is 363 g/mol. The Morgan fingerprint density at radius 2 is 1.89 bits per heavy atom. The van der Waals surface area contributed by atoms with Crippen LogP contribution >= 0.6 is 0 Å². The van der Waals surface area contributed by atoms with Crippen molar-refractivity contribution in [1.82, 2.24) is 14.5 Å². The molecule has 0 atom stereocenters.